The second-order valence-electron chi connectivity index (χ2n) is 6.17. The molecule has 0 unspecified atom stereocenters. The molecule has 118 valence electrons. The molecule has 1 atom stereocenters. The van der Waals surface area contributed by atoms with Crippen LogP contribution in [-0.4, -0.2) is 38.9 Å². The van der Waals surface area contributed by atoms with Crippen LogP contribution in [0, 0.1) is 0 Å². The summed E-state index contributed by atoms with van der Waals surface area (Å²) in [5.74, 6) is 0.765. The fraction of sp³-hybridized carbons (Fsp3) is 0.294. The molecule has 0 saturated heterocycles. The summed E-state index contributed by atoms with van der Waals surface area (Å²) in [6, 6.07) is 0.342. The number of nitrogens with one attached hydrogen (secondary N) is 2. The summed E-state index contributed by atoms with van der Waals surface area (Å²) in [5, 5.41) is 3.01. The van der Waals surface area contributed by atoms with Crippen LogP contribution in [0.5, 0.6) is 0 Å². The molecule has 0 spiro atoms. The van der Waals surface area contributed by atoms with E-state index in [2.05, 4.69) is 26.8 Å². The van der Waals surface area contributed by atoms with Gasteiger partial charge in [0.05, 0.1) is 17.7 Å². The lowest BCUT2D eigenvalue weighted by atomic mass is 10.0. The molecule has 2 aliphatic heterocycles. The number of nitrogens with zero attached hydrogens (tertiary/aromatic N) is 3. The second kappa shape index (κ2) is 5.15. The Morgan fingerprint density at radius 3 is 3.17 bits per heavy atom. The largest absolute Gasteiger partial charge is 0.375 e. The van der Waals surface area contributed by atoms with Crippen LogP contribution in [0.3, 0.4) is 0 Å². The summed E-state index contributed by atoms with van der Waals surface area (Å²) in [5.41, 5.74) is 3.54. The van der Waals surface area contributed by atoms with Gasteiger partial charge in [0, 0.05) is 49.5 Å². The van der Waals surface area contributed by atoms with E-state index in [0.29, 0.717) is 18.2 Å². The summed E-state index contributed by atoms with van der Waals surface area (Å²) in [7, 11) is 1.98. The number of H-pyrrole nitrogens is 1. The van der Waals surface area contributed by atoms with Gasteiger partial charge in [-0.1, -0.05) is 0 Å². The van der Waals surface area contributed by atoms with Crippen LogP contribution < -0.4 is 5.32 Å². The monoisotopic (exact) mass is 309 g/mol. The molecule has 2 N–H and O–H groups in total. The molecule has 0 saturated carbocycles. The molecule has 4 rings (SSSR count). The van der Waals surface area contributed by atoms with Crippen molar-refractivity contribution in [1.82, 2.24) is 24.8 Å². The van der Waals surface area contributed by atoms with Crippen molar-refractivity contribution < 1.29 is 4.79 Å². The van der Waals surface area contributed by atoms with Crippen molar-refractivity contribution in [2.45, 2.75) is 19.4 Å². The molecule has 0 radical (unpaired) electrons. The topological polar surface area (TPSA) is 66.0 Å². The molecule has 23 heavy (non-hydrogen) atoms. The van der Waals surface area contributed by atoms with E-state index in [9.17, 15) is 4.79 Å². The highest BCUT2D eigenvalue weighted by Gasteiger charge is 2.28. The summed E-state index contributed by atoms with van der Waals surface area (Å²) in [4.78, 5) is 22.4. The maximum Gasteiger partial charge on any atom is 0.257 e. The predicted molar refractivity (Wildman–Crippen MR) is 87.7 cm³/mol. The Balaban J connectivity index is 1.66. The summed E-state index contributed by atoms with van der Waals surface area (Å²) < 4.78 is 2.13. The molecular weight excluding hydrogens is 290 g/mol. The number of hydrogen-bond acceptors (Lipinski definition) is 3. The van der Waals surface area contributed by atoms with Crippen LogP contribution in [0.2, 0.25) is 0 Å². The number of hydrogen-bond donors (Lipinski definition) is 2. The highest BCUT2D eigenvalue weighted by molar-refractivity contribution is 6.02. The van der Waals surface area contributed by atoms with Crippen molar-refractivity contribution in [3.63, 3.8) is 0 Å². The summed E-state index contributed by atoms with van der Waals surface area (Å²) >= 11 is 0. The third kappa shape index (κ3) is 2.27. The quantitative estimate of drug-likeness (QED) is 0.892. The fourth-order valence-corrected chi connectivity index (χ4v) is 3.29. The van der Waals surface area contributed by atoms with Gasteiger partial charge >= 0.3 is 0 Å². The molecular formula is C17H19N5O. The number of carbonyl (C=O) groups excluding carboxylic acids is 1. The minimum absolute atomic E-state index is 0.0958. The first-order valence-electron chi connectivity index (χ1n) is 7.76. The second-order valence-corrected chi connectivity index (χ2v) is 6.17. The molecule has 0 aromatic carbocycles. The van der Waals surface area contributed by atoms with E-state index in [1.54, 1.807) is 12.4 Å². The zero-order valence-electron chi connectivity index (χ0n) is 13.2. The molecule has 2 aliphatic rings. The molecule has 0 fully saturated rings. The molecule has 2 aromatic rings. The van der Waals surface area contributed by atoms with Gasteiger partial charge in [0.25, 0.3) is 5.91 Å². The molecule has 0 bridgehead atoms. The molecule has 2 aromatic heterocycles. The smallest absolute Gasteiger partial charge is 0.257 e. The number of imidazole rings is 1. The van der Waals surface area contributed by atoms with E-state index in [0.717, 1.165) is 29.2 Å². The number of fused-ring (bicyclic) bond motifs is 3. The van der Waals surface area contributed by atoms with Crippen molar-refractivity contribution in [3.8, 4) is 11.4 Å². The van der Waals surface area contributed by atoms with E-state index < -0.39 is 0 Å². The molecule has 6 nitrogen and oxygen atoms in total. The normalized spacial score (nSPS) is 19.1. The zero-order chi connectivity index (χ0) is 16.0. The van der Waals surface area contributed by atoms with E-state index in [1.807, 2.05) is 36.5 Å². The predicted octanol–water partition coefficient (Wildman–Crippen LogP) is 2.07. The maximum atomic E-state index is 12.7. The number of rotatable bonds is 2. The maximum absolute atomic E-state index is 12.7. The van der Waals surface area contributed by atoms with Crippen LogP contribution in [0.4, 0.5) is 0 Å². The number of aromatic nitrogens is 3. The van der Waals surface area contributed by atoms with Gasteiger partial charge in [0.15, 0.2) is 0 Å². The van der Waals surface area contributed by atoms with Crippen LogP contribution in [0.1, 0.15) is 29.0 Å². The van der Waals surface area contributed by atoms with Crippen LogP contribution in [0.25, 0.3) is 11.4 Å². The Morgan fingerprint density at radius 1 is 1.48 bits per heavy atom. The Bertz CT molecular complexity index is 826. The molecule has 6 heteroatoms. The molecule has 1 amide bonds. The van der Waals surface area contributed by atoms with E-state index >= 15 is 0 Å². The highest BCUT2D eigenvalue weighted by atomic mass is 16.1. The minimum Gasteiger partial charge on any atom is -0.375 e. The van der Waals surface area contributed by atoms with Gasteiger partial charge in [-0.25, -0.2) is 4.98 Å². The SMILES string of the molecule is C[C@@H]1Cc2[nH]cc(C(=O)NC3=CC=CN(C)C3)c2-c2nccn21. The van der Waals surface area contributed by atoms with Crippen LogP contribution >= 0.6 is 0 Å². The summed E-state index contributed by atoms with van der Waals surface area (Å²) in [6.45, 7) is 2.85. The van der Waals surface area contributed by atoms with E-state index in [1.165, 1.54) is 0 Å². The van der Waals surface area contributed by atoms with Crippen LogP contribution in [0.15, 0.2) is 42.6 Å². The number of carbonyl (C=O) groups is 1. The fourth-order valence-electron chi connectivity index (χ4n) is 3.29. The van der Waals surface area contributed by atoms with E-state index in [-0.39, 0.29) is 5.91 Å². The third-order valence-electron chi connectivity index (χ3n) is 4.40. The lowest BCUT2D eigenvalue weighted by Gasteiger charge is -2.23. The molecule has 0 aliphatic carbocycles. The number of likely N-dealkylation sites (N-methyl/N-ethyl adjacent to an activating group) is 1. The first-order chi connectivity index (χ1) is 11.1. The van der Waals surface area contributed by atoms with Gasteiger partial charge in [-0.3, -0.25) is 4.79 Å². The van der Waals surface area contributed by atoms with Gasteiger partial charge in [-0.15, -0.1) is 0 Å². The van der Waals surface area contributed by atoms with Crippen molar-refractivity contribution >= 4 is 5.91 Å². The lowest BCUT2D eigenvalue weighted by Crippen LogP contribution is -2.30. The first-order valence-corrected chi connectivity index (χ1v) is 7.76. The first kappa shape index (κ1) is 13.9. The average molecular weight is 309 g/mol. The van der Waals surface area contributed by atoms with Crippen molar-refractivity contribution in [3.05, 3.63) is 53.9 Å². The Kier molecular flexibility index (Phi) is 3.11. The number of allylic oxidation sites excluding steroid dienone is 2. The van der Waals surface area contributed by atoms with Gasteiger partial charge < -0.3 is 19.8 Å². The highest BCUT2D eigenvalue weighted by Crippen LogP contribution is 2.35. The number of amides is 1. The average Bonchev–Trinajstić information content (AvgIpc) is 3.13. The Labute approximate surface area is 134 Å². The van der Waals surface area contributed by atoms with Crippen molar-refractivity contribution in [2.24, 2.45) is 0 Å². The summed E-state index contributed by atoms with van der Waals surface area (Å²) in [6.07, 6.45) is 12.3. The van der Waals surface area contributed by atoms with Crippen LogP contribution in [-0.2, 0) is 6.42 Å². The standard InChI is InChI=1S/C17H19N5O/c1-11-8-14-15(16-18-5-7-22(11)16)13(9-19-14)17(23)20-12-4-3-6-21(2)10-12/h3-7,9,11,19H,8,10H2,1-2H3,(H,20,23)/t11-/m1/s1. The lowest BCUT2D eigenvalue weighted by molar-refractivity contribution is 0.0964. The third-order valence-corrected chi connectivity index (χ3v) is 4.40. The van der Waals surface area contributed by atoms with Gasteiger partial charge in [-0.2, -0.15) is 0 Å². The molecule has 4 heterocycles. The van der Waals surface area contributed by atoms with Gasteiger partial charge in [0.1, 0.15) is 5.82 Å². The minimum atomic E-state index is -0.0958. The Morgan fingerprint density at radius 2 is 2.35 bits per heavy atom. The zero-order valence-corrected chi connectivity index (χ0v) is 13.2. The van der Waals surface area contributed by atoms with Crippen molar-refractivity contribution in [2.75, 3.05) is 13.6 Å². The van der Waals surface area contributed by atoms with E-state index in [4.69, 9.17) is 0 Å². The van der Waals surface area contributed by atoms with Gasteiger partial charge in [0.2, 0.25) is 0 Å². The van der Waals surface area contributed by atoms with Crippen molar-refractivity contribution in [1.29, 1.82) is 0 Å². The van der Waals surface area contributed by atoms with Gasteiger partial charge in [-0.05, 0) is 25.3 Å². The number of aromatic amines is 1. The Hall–Kier alpha value is -2.76.